The molecule has 0 spiro atoms. The Balaban J connectivity index is 1.40. The van der Waals surface area contributed by atoms with E-state index in [9.17, 15) is 34.2 Å². The number of methoxy groups -OCH3 is 1. The van der Waals surface area contributed by atoms with Crippen molar-refractivity contribution in [3.8, 4) is 0 Å². The lowest BCUT2D eigenvalue weighted by atomic mass is 9.44. The first-order valence-corrected chi connectivity index (χ1v) is 20.9. The Kier molecular flexibility index (Phi) is 12.3. The Labute approximate surface area is 365 Å². The number of esters is 4. The average molecular weight is 868 g/mol. The molecule has 4 aliphatic rings. The van der Waals surface area contributed by atoms with Gasteiger partial charge in [-0.05, 0) is 54.8 Å². The first-order chi connectivity index (χ1) is 29.8. The molecular formula is C48H53NO14. The van der Waals surface area contributed by atoms with Gasteiger partial charge in [0.25, 0.3) is 5.91 Å². The third-order valence-electron chi connectivity index (χ3n) is 13.7. The molecule has 3 aliphatic carbocycles. The largest absolute Gasteiger partial charge is 0.456 e. The van der Waals surface area contributed by atoms with E-state index >= 15 is 4.79 Å². The summed E-state index contributed by atoms with van der Waals surface area (Å²) in [5.41, 5.74) is -6.45. The molecule has 1 aliphatic heterocycles. The molecule has 3 fully saturated rings. The first kappa shape index (κ1) is 45.3. The van der Waals surface area contributed by atoms with Gasteiger partial charge in [-0.25, -0.2) is 9.59 Å². The standard InChI is InChI=1S/C48H53NO14/c1-26-32(61-44(56)37(52)36(29-17-11-8-12-18-29)49-42(54)30-19-13-9-14-20-30)24-48(57)41(62-43(55)31-21-15-10-16-22-31)39-46(6,40(53)38(60-27(2)50)35(26)45(48,4)5)33(58-7)23-34-47(39,25-59-34)63-28(3)51/h8-22,32-34,36-39,41,52,57H,23-25H2,1-7H3,(H,49,54)/t32-,33?,34?,36?,37+,38?,39?,41-,46?,47-,48?/m0/s1. The van der Waals surface area contributed by atoms with Crippen molar-refractivity contribution < 1.29 is 67.4 Å². The minimum Gasteiger partial charge on any atom is -0.456 e. The molecule has 2 saturated carbocycles. The number of ketones is 1. The van der Waals surface area contributed by atoms with Crippen molar-refractivity contribution in [3.05, 3.63) is 119 Å². The molecule has 0 radical (unpaired) electrons. The number of aliphatic hydroxyl groups excluding tert-OH is 1. The lowest BCUT2D eigenvalue weighted by molar-refractivity contribution is -0.347. The van der Waals surface area contributed by atoms with E-state index < -0.39 is 113 Å². The van der Waals surface area contributed by atoms with Crippen LogP contribution < -0.4 is 5.32 Å². The predicted octanol–water partition coefficient (Wildman–Crippen LogP) is 4.39. The topological polar surface area (TPSA) is 210 Å². The molecule has 1 amide bonds. The van der Waals surface area contributed by atoms with Crippen molar-refractivity contribution in [1.29, 1.82) is 0 Å². The van der Waals surface area contributed by atoms with Gasteiger partial charge in [-0.15, -0.1) is 0 Å². The number of rotatable bonds is 11. The van der Waals surface area contributed by atoms with Crippen LogP contribution in [0.3, 0.4) is 0 Å². The summed E-state index contributed by atoms with van der Waals surface area (Å²) in [6.45, 7) is 8.39. The molecule has 2 bridgehead atoms. The summed E-state index contributed by atoms with van der Waals surface area (Å²) >= 11 is 0. The molecule has 3 aromatic rings. The highest BCUT2D eigenvalue weighted by Gasteiger charge is 2.78. The van der Waals surface area contributed by atoms with E-state index in [0.717, 1.165) is 6.92 Å². The first-order valence-electron chi connectivity index (χ1n) is 20.9. The zero-order valence-electron chi connectivity index (χ0n) is 36.2. The van der Waals surface area contributed by atoms with Crippen molar-refractivity contribution in [2.45, 2.75) is 108 Å². The number of hydrogen-bond acceptors (Lipinski definition) is 14. The van der Waals surface area contributed by atoms with Crippen LogP contribution in [0.15, 0.2) is 102 Å². The lowest BCUT2D eigenvalue weighted by Crippen LogP contribution is -2.82. The second-order valence-corrected chi connectivity index (χ2v) is 17.6. The SMILES string of the molecule is COC1CC2OC[C@@]2(OC(C)=O)C2[C@H](OC(=O)c3ccccc3)C3(O)C[C@H](OC(=O)[C@H](O)C(NC(=O)c4ccccc4)c4ccccc4)C(C)=C(C(OC(C)=O)C(=O)C12C)C3(C)C. The maximum atomic E-state index is 15.7. The highest BCUT2D eigenvalue weighted by atomic mass is 16.6. The van der Waals surface area contributed by atoms with Gasteiger partial charge in [0.2, 0.25) is 0 Å². The zero-order valence-corrected chi connectivity index (χ0v) is 36.2. The molecule has 7 rings (SSSR count). The number of benzene rings is 3. The Hall–Kier alpha value is -5.74. The fraction of sp³-hybridized carbons (Fsp3) is 0.458. The Bertz CT molecular complexity index is 2300. The van der Waals surface area contributed by atoms with Gasteiger partial charge in [0.05, 0.1) is 35.6 Å². The Morgan fingerprint density at radius 1 is 0.825 bits per heavy atom. The quantitative estimate of drug-likeness (QED) is 0.139. The van der Waals surface area contributed by atoms with Crippen LogP contribution in [-0.2, 0) is 47.6 Å². The molecule has 1 heterocycles. The molecule has 0 aromatic heterocycles. The summed E-state index contributed by atoms with van der Waals surface area (Å²) in [7, 11) is 1.39. The number of nitrogens with one attached hydrogen (secondary N) is 1. The van der Waals surface area contributed by atoms with Crippen LogP contribution in [0.1, 0.15) is 86.7 Å². The van der Waals surface area contributed by atoms with E-state index in [-0.39, 0.29) is 35.3 Å². The Morgan fingerprint density at radius 3 is 1.95 bits per heavy atom. The average Bonchev–Trinajstić information content (AvgIpc) is 3.25. The molecule has 15 heteroatoms. The van der Waals surface area contributed by atoms with E-state index in [1.807, 2.05) is 0 Å². The fourth-order valence-corrected chi connectivity index (χ4v) is 10.5. The molecule has 1 saturated heterocycles. The summed E-state index contributed by atoms with van der Waals surface area (Å²) in [4.78, 5) is 84.1. The number of carbonyl (C=O) groups is 6. The molecule has 63 heavy (non-hydrogen) atoms. The normalized spacial score (nSPS) is 31.5. The summed E-state index contributed by atoms with van der Waals surface area (Å²) < 4.78 is 36.8. The van der Waals surface area contributed by atoms with Crippen LogP contribution in [0.25, 0.3) is 0 Å². The maximum absolute atomic E-state index is 15.7. The van der Waals surface area contributed by atoms with Gasteiger partial charge in [0, 0.05) is 44.8 Å². The number of ether oxygens (including phenoxy) is 6. The number of carbonyl (C=O) groups excluding carboxylic acids is 6. The fourth-order valence-electron chi connectivity index (χ4n) is 10.5. The van der Waals surface area contributed by atoms with Crippen LogP contribution in [0, 0.1) is 16.7 Å². The highest BCUT2D eigenvalue weighted by Crippen LogP contribution is 2.65. The molecule has 7 unspecified atom stereocenters. The number of hydrogen-bond donors (Lipinski definition) is 3. The van der Waals surface area contributed by atoms with E-state index in [2.05, 4.69) is 5.32 Å². The zero-order chi connectivity index (χ0) is 45.6. The predicted molar refractivity (Wildman–Crippen MR) is 222 cm³/mol. The van der Waals surface area contributed by atoms with E-state index in [0.29, 0.717) is 5.56 Å². The molecule has 11 atom stereocenters. The lowest BCUT2D eigenvalue weighted by Gasteiger charge is -2.67. The van der Waals surface area contributed by atoms with Gasteiger partial charge < -0.3 is 44.0 Å². The van der Waals surface area contributed by atoms with Gasteiger partial charge in [0.15, 0.2) is 23.6 Å². The van der Waals surface area contributed by atoms with Gasteiger partial charge in [-0.2, -0.15) is 0 Å². The van der Waals surface area contributed by atoms with Crippen LogP contribution in [-0.4, -0.2) is 107 Å². The van der Waals surface area contributed by atoms with Gasteiger partial charge in [-0.1, -0.05) is 80.6 Å². The second-order valence-electron chi connectivity index (χ2n) is 17.6. The van der Waals surface area contributed by atoms with Crippen LogP contribution in [0.2, 0.25) is 0 Å². The molecule has 3 aromatic carbocycles. The van der Waals surface area contributed by atoms with E-state index in [1.165, 1.54) is 26.2 Å². The van der Waals surface area contributed by atoms with Gasteiger partial charge >= 0.3 is 23.9 Å². The van der Waals surface area contributed by atoms with E-state index in [4.69, 9.17) is 28.4 Å². The van der Waals surface area contributed by atoms with Gasteiger partial charge in [0.1, 0.15) is 23.9 Å². The second kappa shape index (κ2) is 17.1. The van der Waals surface area contributed by atoms with Crippen LogP contribution in [0.4, 0.5) is 0 Å². The Morgan fingerprint density at radius 2 is 1.41 bits per heavy atom. The van der Waals surface area contributed by atoms with Crippen LogP contribution >= 0.6 is 0 Å². The summed E-state index contributed by atoms with van der Waals surface area (Å²) in [5.74, 6) is -6.40. The number of amides is 1. The minimum atomic E-state index is -2.34. The third kappa shape index (κ3) is 7.64. The van der Waals surface area contributed by atoms with E-state index in [1.54, 1.807) is 107 Å². The molecule has 15 nitrogen and oxygen atoms in total. The van der Waals surface area contributed by atoms with Gasteiger partial charge in [-0.3, -0.25) is 19.2 Å². The highest BCUT2D eigenvalue weighted by molar-refractivity contribution is 5.96. The van der Waals surface area contributed by atoms with Crippen molar-refractivity contribution in [3.63, 3.8) is 0 Å². The maximum Gasteiger partial charge on any atom is 0.338 e. The molecule has 3 N–H and O–H groups in total. The van der Waals surface area contributed by atoms with Crippen LogP contribution in [0.5, 0.6) is 0 Å². The molecular weight excluding hydrogens is 815 g/mol. The van der Waals surface area contributed by atoms with Crippen molar-refractivity contribution in [1.82, 2.24) is 5.32 Å². The summed E-state index contributed by atoms with van der Waals surface area (Å²) in [6, 6.07) is 23.2. The smallest absolute Gasteiger partial charge is 0.338 e. The number of aliphatic hydroxyl groups is 2. The van der Waals surface area contributed by atoms with Crippen molar-refractivity contribution in [2.24, 2.45) is 16.7 Å². The van der Waals surface area contributed by atoms with Crippen molar-refractivity contribution >= 4 is 35.6 Å². The summed E-state index contributed by atoms with van der Waals surface area (Å²) in [6.07, 6.45) is -9.33. The summed E-state index contributed by atoms with van der Waals surface area (Å²) in [5, 5.41) is 28.4. The third-order valence-corrected chi connectivity index (χ3v) is 13.7. The number of Topliss-reactive ketones (excluding diaryl/α,β-unsaturated/α-hetero) is 1. The minimum absolute atomic E-state index is 0.0377. The number of fused-ring (bicyclic) bond motifs is 5. The molecule has 334 valence electrons. The van der Waals surface area contributed by atoms with Crippen molar-refractivity contribution in [2.75, 3.05) is 13.7 Å². The monoisotopic (exact) mass is 867 g/mol.